The zero-order valence-electron chi connectivity index (χ0n) is 12.4. The maximum absolute atomic E-state index is 11.8. The lowest BCUT2D eigenvalue weighted by atomic mass is 10.2. The van der Waals surface area contributed by atoms with E-state index in [1.165, 1.54) is 13.4 Å². The molecule has 0 spiro atoms. The van der Waals surface area contributed by atoms with Gasteiger partial charge in [0, 0.05) is 18.2 Å². The summed E-state index contributed by atoms with van der Waals surface area (Å²) in [6, 6.07) is 1.83. The van der Waals surface area contributed by atoms with Crippen molar-refractivity contribution in [3.05, 3.63) is 23.7 Å². The molecule has 0 bridgehead atoms. The molecule has 0 aliphatic heterocycles. The van der Waals surface area contributed by atoms with Crippen molar-refractivity contribution in [2.24, 2.45) is 0 Å². The molecule has 0 aliphatic carbocycles. The van der Waals surface area contributed by atoms with Gasteiger partial charge in [0.1, 0.15) is 0 Å². The molecular weight excluding hydrogens is 260 g/mol. The fourth-order valence-corrected chi connectivity index (χ4v) is 1.82. The second-order valence-corrected chi connectivity index (χ2v) is 4.79. The summed E-state index contributed by atoms with van der Waals surface area (Å²) in [5.41, 5.74) is 0.719. The number of nitrogens with one attached hydrogen (secondary N) is 1. The van der Waals surface area contributed by atoms with Gasteiger partial charge in [0.05, 0.1) is 19.9 Å². The van der Waals surface area contributed by atoms with Crippen molar-refractivity contribution < 1.29 is 18.7 Å². The van der Waals surface area contributed by atoms with Crippen LogP contribution in [0.25, 0.3) is 0 Å². The molecule has 0 atom stereocenters. The van der Waals surface area contributed by atoms with Crippen molar-refractivity contribution in [1.29, 1.82) is 0 Å². The molecule has 6 nitrogen and oxygen atoms in total. The average Bonchev–Trinajstić information content (AvgIpc) is 2.84. The van der Waals surface area contributed by atoms with Crippen LogP contribution >= 0.6 is 0 Å². The van der Waals surface area contributed by atoms with Gasteiger partial charge in [0.15, 0.2) is 0 Å². The third-order valence-electron chi connectivity index (χ3n) is 2.78. The fraction of sp³-hybridized carbons (Fsp3) is 0.571. The first-order chi connectivity index (χ1) is 9.47. The van der Waals surface area contributed by atoms with Gasteiger partial charge < -0.3 is 14.5 Å². The van der Waals surface area contributed by atoms with Crippen LogP contribution in [0.4, 0.5) is 0 Å². The van der Waals surface area contributed by atoms with Crippen molar-refractivity contribution >= 4 is 11.9 Å². The van der Waals surface area contributed by atoms with Gasteiger partial charge in [0.25, 0.3) is 0 Å². The summed E-state index contributed by atoms with van der Waals surface area (Å²) in [6.45, 7) is 7.22. The molecule has 0 fully saturated rings. The van der Waals surface area contributed by atoms with Crippen molar-refractivity contribution in [2.45, 2.75) is 33.4 Å². The molecule has 0 saturated heterocycles. The number of carbonyl (C=O) groups excluding carboxylic acids is 2. The number of ether oxygens (including phenoxy) is 1. The highest BCUT2D eigenvalue weighted by atomic mass is 16.5. The van der Waals surface area contributed by atoms with Crippen LogP contribution in [0.2, 0.25) is 0 Å². The molecule has 1 N–H and O–H groups in total. The first kappa shape index (κ1) is 16.2. The summed E-state index contributed by atoms with van der Waals surface area (Å²) in [4.78, 5) is 25.2. The molecule has 20 heavy (non-hydrogen) atoms. The van der Waals surface area contributed by atoms with E-state index in [2.05, 4.69) is 10.1 Å². The molecule has 1 aromatic heterocycles. The fourth-order valence-electron chi connectivity index (χ4n) is 1.82. The van der Waals surface area contributed by atoms with Crippen LogP contribution in [0.1, 0.15) is 36.9 Å². The summed E-state index contributed by atoms with van der Waals surface area (Å²) in [5, 5.41) is 2.84. The van der Waals surface area contributed by atoms with E-state index in [0.29, 0.717) is 13.1 Å². The number of amides is 1. The second-order valence-electron chi connectivity index (χ2n) is 4.79. The highest BCUT2D eigenvalue weighted by Crippen LogP contribution is 2.14. The zero-order chi connectivity index (χ0) is 15.1. The molecule has 1 aromatic rings. The molecule has 112 valence electrons. The lowest BCUT2D eigenvalue weighted by Gasteiger charge is -2.20. The number of esters is 1. The Bertz CT molecular complexity index is 454. The van der Waals surface area contributed by atoms with Crippen molar-refractivity contribution in [1.82, 2.24) is 10.2 Å². The third-order valence-corrected chi connectivity index (χ3v) is 2.78. The number of hydrogen-bond acceptors (Lipinski definition) is 5. The van der Waals surface area contributed by atoms with Gasteiger partial charge in [-0.3, -0.25) is 9.69 Å². The second kappa shape index (κ2) is 7.69. The summed E-state index contributed by atoms with van der Waals surface area (Å²) in [7, 11) is 1.31. The van der Waals surface area contributed by atoms with E-state index >= 15 is 0 Å². The Hall–Kier alpha value is -1.82. The minimum atomic E-state index is -0.507. The molecule has 1 heterocycles. The first-order valence-corrected chi connectivity index (χ1v) is 6.64. The van der Waals surface area contributed by atoms with Crippen molar-refractivity contribution in [2.75, 3.05) is 20.2 Å². The topological polar surface area (TPSA) is 71.8 Å². The maximum atomic E-state index is 11.8. The molecular formula is C14H22N2O4. The van der Waals surface area contributed by atoms with E-state index in [1.807, 2.05) is 25.7 Å². The Labute approximate surface area is 119 Å². The largest absolute Gasteiger partial charge is 0.463 e. The average molecular weight is 282 g/mol. The summed E-state index contributed by atoms with van der Waals surface area (Å²) in [5.74, 6) is -0.354. The van der Waals surface area contributed by atoms with Crippen LogP contribution in [0.15, 0.2) is 16.7 Å². The predicted octanol–water partition coefficient (Wildman–Crippen LogP) is 1.41. The molecule has 0 unspecified atom stereocenters. The lowest BCUT2D eigenvalue weighted by Crippen LogP contribution is -2.39. The van der Waals surface area contributed by atoms with Gasteiger partial charge in [-0.1, -0.05) is 6.92 Å². The molecule has 6 heteroatoms. The summed E-state index contributed by atoms with van der Waals surface area (Å²) in [6.07, 6.45) is 1.45. The van der Waals surface area contributed by atoms with Crippen molar-refractivity contribution in [3.8, 4) is 0 Å². The molecule has 0 saturated carbocycles. The monoisotopic (exact) mass is 282 g/mol. The SMILES string of the molecule is CCN(CC(=O)NC(C)C)Cc1ccoc1C(=O)OC. The van der Waals surface area contributed by atoms with Crippen LogP contribution in [0.5, 0.6) is 0 Å². The summed E-state index contributed by atoms with van der Waals surface area (Å²) >= 11 is 0. The quantitative estimate of drug-likeness (QED) is 0.766. The molecule has 1 rings (SSSR count). The Morgan fingerprint density at radius 2 is 2.15 bits per heavy atom. The van der Waals surface area contributed by atoms with E-state index in [4.69, 9.17) is 4.42 Å². The standard InChI is InChI=1S/C14H22N2O4/c1-5-16(9-12(17)15-10(2)3)8-11-6-7-20-13(11)14(18)19-4/h6-7,10H,5,8-9H2,1-4H3,(H,15,17). The summed E-state index contributed by atoms with van der Waals surface area (Å²) < 4.78 is 9.78. The van der Waals surface area contributed by atoms with Gasteiger partial charge in [-0.25, -0.2) is 4.79 Å². The van der Waals surface area contributed by atoms with Gasteiger partial charge in [0.2, 0.25) is 11.7 Å². The highest BCUT2D eigenvalue weighted by molar-refractivity contribution is 5.87. The van der Waals surface area contributed by atoms with Crippen LogP contribution in [0, 0.1) is 0 Å². The van der Waals surface area contributed by atoms with Gasteiger partial charge in [-0.05, 0) is 26.5 Å². The minimum absolute atomic E-state index is 0.0371. The maximum Gasteiger partial charge on any atom is 0.374 e. The Kier molecular flexibility index (Phi) is 6.24. The zero-order valence-corrected chi connectivity index (χ0v) is 12.4. The normalized spacial score (nSPS) is 10.9. The molecule has 0 aliphatic rings. The van der Waals surface area contributed by atoms with E-state index in [-0.39, 0.29) is 24.3 Å². The van der Waals surface area contributed by atoms with E-state index < -0.39 is 5.97 Å². The van der Waals surface area contributed by atoms with E-state index in [1.54, 1.807) is 6.07 Å². The lowest BCUT2D eigenvalue weighted by molar-refractivity contribution is -0.122. The van der Waals surface area contributed by atoms with Crippen LogP contribution < -0.4 is 5.32 Å². The Balaban J connectivity index is 2.67. The highest BCUT2D eigenvalue weighted by Gasteiger charge is 2.19. The number of hydrogen-bond donors (Lipinski definition) is 1. The minimum Gasteiger partial charge on any atom is -0.463 e. The number of rotatable bonds is 7. The number of methoxy groups -OCH3 is 1. The van der Waals surface area contributed by atoms with Crippen LogP contribution in [0.3, 0.4) is 0 Å². The Morgan fingerprint density at radius 3 is 2.70 bits per heavy atom. The number of likely N-dealkylation sites (N-methyl/N-ethyl adjacent to an activating group) is 1. The van der Waals surface area contributed by atoms with E-state index in [9.17, 15) is 9.59 Å². The number of carbonyl (C=O) groups is 2. The number of furan rings is 1. The molecule has 0 aromatic carbocycles. The smallest absolute Gasteiger partial charge is 0.374 e. The van der Waals surface area contributed by atoms with Crippen LogP contribution in [-0.4, -0.2) is 43.0 Å². The van der Waals surface area contributed by atoms with Crippen molar-refractivity contribution in [3.63, 3.8) is 0 Å². The van der Waals surface area contributed by atoms with Gasteiger partial charge in [-0.15, -0.1) is 0 Å². The van der Waals surface area contributed by atoms with E-state index in [0.717, 1.165) is 5.56 Å². The number of nitrogens with zero attached hydrogens (tertiary/aromatic N) is 1. The first-order valence-electron chi connectivity index (χ1n) is 6.64. The van der Waals surface area contributed by atoms with Crippen LogP contribution in [-0.2, 0) is 16.1 Å². The Morgan fingerprint density at radius 1 is 1.45 bits per heavy atom. The van der Waals surface area contributed by atoms with Gasteiger partial charge in [-0.2, -0.15) is 0 Å². The molecule has 0 radical (unpaired) electrons. The molecule has 1 amide bonds. The van der Waals surface area contributed by atoms with Gasteiger partial charge >= 0.3 is 5.97 Å². The third kappa shape index (κ3) is 4.70. The predicted molar refractivity (Wildman–Crippen MR) is 74.3 cm³/mol.